The Hall–Kier alpha value is -7.14. The molecule has 0 aliphatic carbocycles. The molecule has 0 unspecified atom stereocenters. The molecule has 270 valence electrons. The Morgan fingerprint density at radius 3 is 1.55 bits per heavy atom. The lowest BCUT2D eigenvalue weighted by Gasteiger charge is -2.26. The van der Waals surface area contributed by atoms with Crippen molar-refractivity contribution in [1.29, 1.82) is 0 Å². The fourth-order valence-electron chi connectivity index (χ4n) is 9.27. The minimum absolute atomic E-state index is 0.0782. The molecule has 1 aliphatic rings. The van der Waals surface area contributed by atoms with E-state index in [4.69, 9.17) is 4.74 Å². The van der Waals surface area contributed by atoms with Gasteiger partial charge in [0.1, 0.15) is 11.5 Å². The van der Waals surface area contributed by atoms with Gasteiger partial charge in [0, 0.05) is 26.2 Å². The monoisotopic (exact) mass is 755 g/mol. The molecule has 0 amide bonds. The molecule has 0 atom stereocenters. The molecule has 9 aromatic carbocycles. The van der Waals surface area contributed by atoms with Gasteiger partial charge in [0.15, 0.2) is 0 Å². The molecule has 1 aliphatic heterocycles. The Bertz CT molecular complexity index is 3240. The Morgan fingerprint density at radius 2 is 0.914 bits per heavy atom. The molecular weight excluding hydrogens is 721 g/mol. The molecule has 2 aromatic heterocycles. The summed E-state index contributed by atoms with van der Waals surface area (Å²) >= 11 is 1.90. The maximum absolute atomic E-state index is 6.38. The Morgan fingerprint density at radius 1 is 0.379 bits per heavy atom. The molecule has 0 bridgehead atoms. The molecule has 11 aromatic rings. The second-order valence-electron chi connectivity index (χ2n) is 15.2. The highest BCUT2D eigenvalue weighted by atomic mass is 32.1. The summed E-state index contributed by atoms with van der Waals surface area (Å²) in [5, 5.41) is 5.06. The summed E-state index contributed by atoms with van der Waals surface area (Å²) in [6, 6.07) is 75.0. The zero-order valence-electron chi connectivity index (χ0n) is 31.5. The smallest absolute Gasteiger partial charge is 0.250 e. The van der Waals surface area contributed by atoms with Crippen LogP contribution in [0.3, 0.4) is 0 Å². The second-order valence-corrected chi connectivity index (χ2v) is 16.2. The number of ether oxygens (including phenoxy) is 1. The fraction of sp³-hybridized carbons (Fsp3) is 0. The zero-order valence-corrected chi connectivity index (χ0v) is 32.3. The Kier molecular flexibility index (Phi) is 7.54. The summed E-state index contributed by atoms with van der Waals surface area (Å²) in [5.74, 6) is 1.85. The van der Waals surface area contributed by atoms with Crippen LogP contribution in [0.4, 0.5) is 0 Å². The number of hydrogen-bond donors (Lipinski definition) is 0. The summed E-state index contributed by atoms with van der Waals surface area (Å²) in [5.41, 5.74) is 14.6. The van der Waals surface area contributed by atoms with E-state index in [2.05, 4.69) is 211 Å². The quantitative estimate of drug-likeness (QED) is 0.160. The predicted molar refractivity (Wildman–Crippen MR) is 248 cm³/mol. The van der Waals surface area contributed by atoms with Crippen LogP contribution in [0.25, 0.3) is 81.0 Å². The second kappa shape index (κ2) is 13.2. The van der Waals surface area contributed by atoms with E-state index in [9.17, 15) is 0 Å². The summed E-state index contributed by atoms with van der Waals surface area (Å²) in [4.78, 5) is 0. The molecule has 0 saturated heterocycles. The molecule has 0 saturated carbocycles. The molecule has 2 nitrogen and oxygen atoms in total. The van der Waals surface area contributed by atoms with Gasteiger partial charge in [0.25, 0.3) is 6.71 Å². The Labute approximate surface area is 340 Å². The maximum Gasteiger partial charge on any atom is 0.250 e. The van der Waals surface area contributed by atoms with E-state index in [1.165, 1.54) is 97.4 Å². The van der Waals surface area contributed by atoms with E-state index in [0.29, 0.717) is 0 Å². The number of thiophene rings is 1. The summed E-state index contributed by atoms with van der Waals surface area (Å²) < 4.78 is 11.5. The molecule has 12 rings (SSSR count). The number of hydrogen-bond acceptors (Lipinski definition) is 2. The van der Waals surface area contributed by atoms with Crippen molar-refractivity contribution in [3.05, 3.63) is 206 Å². The van der Waals surface area contributed by atoms with Crippen molar-refractivity contribution in [3.8, 4) is 50.6 Å². The third-order valence-electron chi connectivity index (χ3n) is 11.9. The van der Waals surface area contributed by atoms with Crippen LogP contribution < -0.4 is 21.1 Å². The van der Waals surface area contributed by atoms with Crippen molar-refractivity contribution < 1.29 is 4.74 Å². The minimum Gasteiger partial charge on any atom is -0.458 e. The van der Waals surface area contributed by atoms with E-state index in [-0.39, 0.29) is 6.71 Å². The number of benzene rings is 9. The summed E-state index contributed by atoms with van der Waals surface area (Å²) in [7, 11) is 0. The SMILES string of the molecule is c1ccc(-c2ccc3c(c2)c2cc(-c4ccccc4)ccc2n3-c2cccc3c2sc2c(-c4cccc(B5c6ccccc6Oc6ccccc65)c4)cccc23)cc1. The molecule has 0 radical (unpaired) electrons. The van der Waals surface area contributed by atoms with Gasteiger partial charge in [-0.15, -0.1) is 11.3 Å². The highest BCUT2D eigenvalue weighted by molar-refractivity contribution is 7.26. The lowest BCUT2D eigenvalue weighted by atomic mass is 9.36. The molecule has 0 spiro atoms. The first-order valence-electron chi connectivity index (χ1n) is 19.9. The van der Waals surface area contributed by atoms with Crippen LogP contribution in [-0.2, 0) is 0 Å². The van der Waals surface area contributed by atoms with Crippen molar-refractivity contribution in [2.45, 2.75) is 0 Å². The average Bonchev–Trinajstić information content (AvgIpc) is 3.84. The lowest BCUT2D eigenvalue weighted by molar-refractivity contribution is 0.487. The van der Waals surface area contributed by atoms with Gasteiger partial charge in [-0.05, 0) is 86.8 Å². The van der Waals surface area contributed by atoms with Crippen LogP contribution in [0.2, 0.25) is 0 Å². The van der Waals surface area contributed by atoms with Crippen LogP contribution in [0, 0.1) is 0 Å². The zero-order chi connectivity index (χ0) is 38.2. The first-order valence-corrected chi connectivity index (χ1v) is 20.7. The first kappa shape index (κ1) is 33.0. The van der Waals surface area contributed by atoms with Gasteiger partial charge >= 0.3 is 0 Å². The predicted octanol–water partition coefficient (Wildman–Crippen LogP) is 12.8. The minimum atomic E-state index is 0.0782. The van der Waals surface area contributed by atoms with Crippen molar-refractivity contribution in [3.63, 3.8) is 0 Å². The van der Waals surface area contributed by atoms with E-state index < -0.39 is 0 Å². The van der Waals surface area contributed by atoms with Gasteiger partial charge in [-0.25, -0.2) is 0 Å². The van der Waals surface area contributed by atoms with Crippen molar-refractivity contribution in [2.24, 2.45) is 0 Å². The summed E-state index contributed by atoms with van der Waals surface area (Å²) in [6.07, 6.45) is 0. The van der Waals surface area contributed by atoms with Crippen molar-refractivity contribution >= 4 is 76.4 Å². The number of aromatic nitrogens is 1. The standard InChI is InChI=1S/C54H34BNOS/c1-3-14-35(15-4-1)37-28-30-48-44(33-37)45-34-38(36-16-5-2-6-17-36)29-31-49(45)56(48)50-25-13-22-43-42-21-12-20-41(53(42)58-54(43)50)39-18-11-19-40(32-39)55-46-23-7-9-26-51(46)57-52-27-10-8-24-47(52)55/h1-34H. The van der Waals surface area contributed by atoms with E-state index in [1.807, 2.05) is 11.3 Å². The van der Waals surface area contributed by atoms with Crippen LogP contribution in [0.5, 0.6) is 11.5 Å². The largest absolute Gasteiger partial charge is 0.458 e. The van der Waals surface area contributed by atoms with Gasteiger partial charge in [0.05, 0.1) is 21.4 Å². The first-order chi connectivity index (χ1) is 28.8. The fourth-order valence-corrected chi connectivity index (χ4v) is 10.6. The molecule has 4 heteroatoms. The van der Waals surface area contributed by atoms with Gasteiger partial charge in [0.2, 0.25) is 0 Å². The summed E-state index contributed by atoms with van der Waals surface area (Å²) in [6.45, 7) is 0.0782. The van der Waals surface area contributed by atoms with Gasteiger partial charge < -0.3 is 9.30 Å². The lowest BCUT2D eigenvalue weighted by Crippen LogP contribution is -2.54. The number of rotatable bonds is 5. The van der Waals surface area contributed by atoms with Gasteiger partial charge in [-0.1, -0.05) is 169 Å². The van der Waals surface area contributed by atoms with Crippen molar-refractivity contribution in [2.75, 3.05) is 0 Å². The molecule has 58 heavy (non-hydrogen) atoms. The van der Waals surface area contributed by atoms with E-state index >= 15 is 0 Å². The number of para-hydroxylation sites is 2. The van der Waals surface area contributed by atoms with Crippen LogP contribution in [0.1, 0.15) is 0 Å². The molecule has 0 N–H and O–H groups in total. The third-order valence-corrected chi connectivity index (χ3v) is 13.2. The maximum atomic E-state index is 6.38. The highest BCUT2D eigenvalue weighted by Crippen LogP contribution is 2.45. The van der Waals surface area contributed by atoms with Crippen molar-refractivity contribution in [1.82, 2.24) is 4.57 Å². The molecule has 3 heterocycles. The highest BCUT2D eigenvalue weighted by Gasteiger charge is 2.32. The average molecular weight is 756 g/mol. The van der Waals surface area contributed by atoms with Crippen LogP contribution >= 0.6 is 11.3 Å². The van der Waals surface area contributed by atoms with Gasteiger partial charge in [-0.3, -0.25) is 0 Å². The Balaban J connectivity index is 1.05. The molecule has 0 fully saturated rings. The molecular formula is C54H34BNOS. The normalized spacial score (nSPS) is 12.2. The number of fused-ring (bicyclic) bond motifs is 8. The third kappa shape index (κ3) is 5.19. The van der Waals surface area contributed by atoms with Gasteiger partial charge in [-0.2, -0.15) is 0 Å². The van der Waals surface area contributed by atoms with E-state index in [1.54, 1.807) is 0 Å². The van der Waals surface area contributed by atoms with E-state index in [0.717, 1.165) is 11.5 Å². The number of nitrogens with zero attached hydrogens (tertiary/aromatic N) is 1. The topological polar surface area (TPSA) is 14.2 Å². The van der Waals surface area contributed by atoms with Crippen LogP contribution in [0.15, 0.2) is 206 Å². The van der Waals surface area contributed by atoms with Crippen LogP contribution in [-0.4, -0.2) is 11.3 Å².